The van der Waals surface area contributed by atoms with Crippen LogP contribution in [0.15, 0.2) is 48.8 Å². The van der Waals surface area contributed by atoms with Crippen LogP contribution in [0.4, 0.5) is 5.69 Å². The van der Waals surface area contributed by atoms with E-state index < -0.39 is 5.97 Å². The zero-order valence-electron chi connectivity index (χ0n) is 17.2. The predicted octanol–water partition coefficient (Wildman–Crippen LogP) is 4.20. The molecule has 0 unspecified atom stereocenters. The van der Waals surface area contributed by atoms with E-state index in [0.717, 1.165) is 27.6 Å². The number of fused-ring (bicyclic) bond motifs is 1. The maximum atomic E-state index is 11.3. The van der Waals surface area contributed by atoms with Gasteiger partial charge in [0.2, 0.25) is 5.75 Å². The summed E-state index contributed by atoms with van der Waals surface area (Å²) in [6, 6.07) is 10.6. The second-order valence-electron chi connectivity index (χ2n) is 6.84. The summed E-state index contributed by atoms with van der Waals surface area (Å²) in [5.41, 5.74) is 10.3. The number of aromatic amines is 1. The van der Waals surface area contributed by atoms with Gasteiger partial charge in [0, 0.05) is 34.6 Å². The van der Waals surface area contributed by atoms with E-state index in [2.05, 4.69) is 9.97 Å². The number of nitrogens with two attached hydrogens (primary N) is 1. The van der Waals surface area contributed by atoms with Crippen LogP contribution >= 0.6 is 0 Å². The number of hydrogen-bond acceptors (Lipinski definition) is 6. The van der Waals surface area contributed by atoms with Crippen molar-refractivity contribution in [3.05, 3.63) is 54.4 Å². The average molecular weight is 419 g/mol. The Balaban J connectivity index is 1.85. The highest BCUT2D eigenvalue weighted by Crippen LogP contribution is 2.42. The van der Waals surface area contributed by atoms with Crippen molar-refractivity contribution in [3.63, 3.8) is 0 Å². The first-order chi connectivity index (χ1) is 15.0. The van der Waals surface area contributed by atoms with E-state index in [1.165, 1.54) is 6.07 Å². The van der Waals surface area contributed by atoms with Crippen molar-refractivity contribution in [2.24, 2.45) is 0 Å². The number of aromatic nitrogens is 2. The molecule has 0 aliphatic heterocycles. The molecule has 0 bridgehead atoms. The molecule has 0 aliphatic rings. The maximum absolute atomic E-state index is 11.3. The van der Waals surface area contributed by atoms with E-state index in [1.54, 1.807) is 39.7 Å². The lowest BCUT2D eigenvalue weighted by Crippen LogP contribution is -2.01. The number of aromatic carboxylic acids is 1. The summed E-state index contributed by atoms with van der Waals surface area (Å²) >= 11 is 0. The van der Waals surface area contributed by atoms with Crippen LogP contribution in [0.1, 0.15) is 10.4 Å². The summed E-state index contributed by atoms with van der Waals surface area (Å²) in [6.45, 7) is 0. The molecule has 0 saturated carbocycles. The number of rotatable bonds is 6. The van der Waals surface area contributed by atoms with Crippen LogP contribution in [0.5, 0.6) is 17.2 Å². The minimum absolute atomic E-state index is 0.0693. The highest BCUT2D eigenvalue weighted by atomic mass is 16.5. The predicted molar refractivity (Wildman–Crippen MR) is 118 cm³/mol. The quantitative estimate of drug-likeness (QED) is 0.401. The third kappa shape index (κ3) is 3.48. The Bertz CT molecular complexity index is 1270. The number of nitrogens with zero attached hydrogens (tertiary/aromatic N) is 1. The molecule has 8 nitrogen and oxygen atoms in total. The Hall–Kier alpha value is -4.20. The van der Waals surface area contributed by atoms with Gasteiger partial charge in [-0.2, -0.15) is 0 Å². The van der Waals surface area contributed by atoms with Crippen LogP contribution in [0.3, 0.4) is 0 Å². The van der Waals surface area contributed by atoms with Gasteiger partial charge in [-0.1, -0.05) is 6.07 Å². The molecule has 31 heavy (non-hydrogen) atoms. The number of carboxylic acid groups (broad SMARTS) is 1. The van der Waals surface area contributed by atoms with Gasteiger partial charge in [0.05, 0.1) is 26.9 Å². The number of hydrogen-bond donors (Lipinski definition) is 3. The molecule has 2 aromatic heterocycles. The van der Waals surface area contributed by atoms with Crippen molar-refractivity contribution >= 4 is 22.7 Å². The van der Waals surface area contributed by atoms with Crippen molar-refractivity contribution in [2.75, 3.05) is 27.1 Å². The Labute approximate surface area is 178 Å². The summed E-state index contributed by atoms with van der Waals surface area (Å²) in [7, 11) is 4.69. The lowest BCUT2D eigenvalue weighted by Gasteiger charge is -2.14. The molecule has 0 amide bonds. The summed E-state index contributed by atoms with van der Waals surface area (Å²) in [5.74, 6) is 0.542. The fourth-order valence-electron chi connectivity index (χ4n) is 3.57. The van der Waals surface area contributed by atoms with Crippen molar-refractivity contribution < 1.29 is 24.1 Å². The van der Waals surface area contributed by atoms with E-state index in [-0.39, 0.29) is 11.3 Å². The van der Waals surface area contributed by atoms with Crippen LogP contribution in [-0.2, 0) is 0 Å². The molecule has 0 saturated heterocycles. The smallest absolute Gasteiger partial charge is 0.337 e. The molecular weight excluding hydrogens is 398 g/mol. The zero-order chi connectivity index (χ0) is 22.1. The maximum Gasteiger partial charge on any atom is 0.337 e. The first kappa shape index (κ1) is 20.1. The monoisotopic (exact) mass is 419 g/mol. The van der Waals surface area contributed by atoms with Gasteiger partial charge in [-0.3, -0.25) is 0 Å². The number of H-pyrrole nitrogens is 1. The van der Waals surface area contributed by atoms with Crippen molar-refractivity contribution in [1.29, 1.82) is 0 Å². The second kappa shape index (κ2) is 7.91. The molecule has 4 aromatic rings. The van der Waals surface area contributed by atoms with E-state index in [9.17, 15) is 9.90 Å². The molecule has 158 valence electrons. The fourth-order valence-corrected chi connectivity index (χ4v) is 3.57. The van der Waals surface area contributed by atoms with Gasteiger partial charge in [0.1, 0.15) is 5.65 Å². The van der Waals surface area contributed by atoms with Gasteiger partial charge in [0.25, 0.3) is 0 Å². The number of nitrogen functional groups attached to an aromatic ring is 1. The molecule has 2 heterocycles. The number of nitrogens with one attached hydrogen (secondary N) is 1. The Morgan fingerprint density at radius 3 is 2.26 bits per heavy atom. The third-order valence-corrected chi connectivity index (χ3v) is 5.12. The fraction of sp³-hybridized carbons (Fsp3) is 0.130. The molecule has 0 aliphatic carbocycles. The van der Waals surface area contributed by atoms with Crippen molar-refractivity contribution in [1.82, 2.24) is 9.97 Å². The summed E-state index contributed by atoms with van der Waals surface area (Å²) in [4.78, 5) is 18.9. The minimum Gasteiger partial charge on any atom is -0.493 e. The number of benzene rings is 2. The molecule has 4 rings (SSSR count). The molecule has 0 atom stereocenters. The molecular formula is C23H21N3O5. The second-order valence-corrected chi connectivity index (χ2v) is 6.84. The van der Waals surface area contributed by atoms with E-state index in [0.29, 0.717) is 22.9 Å². The van der Waals surface area contributed by atoms with E-state index in [1.807, 2.05) is 24.4 Å². The van der Waals surface area contributed by atoms with Crippen LogP contribution in [0, 0.1) is 0 Å². The zero-order valence-corrected chi connectivity index (χ0v) is 17.2. The topological polar surface area (TPSA) is 120 Å². The average Bonchev–Trinajstić information content (AvgIpc) is 3.20. The molecule has 0 spiro atoms. The van der Waals surface area contributed by atoms with Crippen LogP contribution in [0.25, 0.3) is 33.3 Å². The highest BCUT2D eigenvalue weighted by molar-refractivity contribution is 5.99. The Morgan fingerprint density at radius 2 is 1.68 bits per heavy atom. The normalized spacial score (nSPS) is 10.8. The molecule has 0 fully saturated rings. The van der Waals surface area contributed by atoms with E-state index >= 15 is 0 Å². The van der Waals surface area contributed by atoms with Gasteiger partial charge >= 0.3 is 5.97 Å². The van der Waals surface area contributed by atoms with Gasteiger partial charge in [0.15, 0.2) is 11.5 Å². The molecule has 4 N–H and O–H groups in total. The number of methoxy groups -OCH3 is 3. The Kier molecular flexibility index (Phi) is 5.12. The van der Waals surface area contributed by atoms with Crippen LogP contribution < -0.4 is 19.9 Å². The Morgan fingerprint density at radius 1 is 0.968 bits per heavy atom. The van der Waals surface area contributed by atoms with Crippen molar-refractivity contribution in [3.8, 4) is 39.5 Å². The minimum atomic E-state index is -1.06. The number of pyridine rings is 1. The van der Waals surface area contributed by atoms with Gasteiger partial charge < -0.3 is 30.0 Å². The standard InChI is InChI=1S/C23H21N3O5/c1-29-19-8-13(9-20(30-2)21(19)31-3)14-6-16-17(11-26-22(16)25-10-14)12-4-5-15(23(27)28)18(24)7-12/h4-11H,24H2,1-3H3,(H,25,26)(H,27,28). The van der Waals surface area contributed by atoms with Crippen molar-refractivity contribution in [2.45, 2.75) is 0 Å². The third-order valence-electron chi connectivity index (χ3n) is 5.12. The number of carboxylic acids is 1. The summed E-state index contributed by atoms with van der Waals surface area (Å²) in [6.07, 6.45) is 3.58. The molecule has 0 radical (unpaired) electrons. The summed E-state index contributed by atoms with van der Waals surface area (Å²) < 4.78 is 16.3. The SMILES string of the molecule is COc1cc(-c2cnc3[nH]cc(-c4ccc(C(=O)O)c(N)c4)c3c2)cc(OC)c1OC. The van der Waals surface area contributed by atoms with Crippen LogP contribution in [0.2, 0.25) is 0 Å². The lowest BCUT2D eigenvalue weighted by atomic mass is 10.00. The first-order valence-corrected chi connectivity index (χ1v) is 9.37. The highest BCUT2D eigenvalue weighted by Gasteiger charge is 2.16. The van der Waals surface area contributed by atoms with Gasteiger partial charge in [-0.15, -0.1) is 0 Å². The molecule has 8 heteroatoms. The largest absolute Gasteiger partial charge is 0.493 e. The number of ether oxygens (including phenoxy) is 3. The number of anilines is 1. The van der Waals surface area contributed by atoms with Crippen LogP contribution in [-0.4, -0.2) is 42.4 Å². The van der Waals surface area contributed by atoms with E-state index in [4.69, 9.17) is 19.9 Å². The lowest BCUT2D eigenvalue weighted by molar-refractivity contribution is 0.0698. The molecule has 2 aromatic carbocycles. The first-order valence-electron chi connectivity index (χ1n) is 9.37. The number of carbonyl (C=O) groups is 1. The van der Waals surface area contributed by atoms with Gasteiger partial charge in [-0.25, -0.2) is 9.78 Å². The summed E-state index contributed by atoms with van der Waals surface area (Å²) in [5, 5.41) is 10.1. The van der Waals surface area contributed by atoms with Gasteiger partial charge in [-0.05, 0) is 41.5 Å².